The number of hydrogen-bond donors (Lipinski definition) is 0. The fraction of sp³-hybridized carbons (Fsp3) is 0.375. The van der Waals surface area contributed by atoms with E-state index in [1.165, 1.54) is 43.9 Å². The smallest absolute Gasteiger partial charge is 0.159 e. The Morgan fingerprint density at radius 3 is 2.40 bits per heavy atom. The van der Waals surface area contributed by atoms with E-state index in [1.807, 2.05) is 12.1 Å². The number of piperidine rings is 1. The number of anilines is 1. The van der Waals surface area contributed by atoms with Crippen LogP contribution in [0.5, 0.6) is 0 Å². The van der Waals surface area contributed by atoms with Crippen molar-refractivity contribution in [2.75, 3.05) is 11.4 Å². The van der Waals surface area contributed by atoms with Crippen molar-refractivity contribution >= 4 is 5.69 Å². The molecule has 2 fully saturated rings. The van der Waals surface area contributed by atoms with E-state index in [2.05, 4.69) is 27.0 Å². The molecule has 2 bridgehead atoms. The Labute approximate surface area is 117 Å². The topological polar surface area (TPSA) is 29.0 Å². The van der Waals surface area contributed by atoms with E-state index < -0.39 is 5.82 Å². The van der Waals surface area contributed by atoms with Crippen LogP contribution in [0.15, 0.2) is 36.7 Å². The molecule has 102 valence electrons. The van der Waals surface area contributed by atoms with Crippen molar-refractivity contribution in [3.05, 3.63) is 42.5 Å². The number of halogens is 1. The monoisotopic (exact) mass is 269 g/mol. The number of nitrogens with zero attached hydrogens (tertiary/aromatic N) is 3. The van der Waals surface area contributed by atoms with Gasteiger partial charge in [-0.25, -0.2) is 14.4 Å². The Kier molecular flexibility index (Phi) is 2.69. The zero-order valence-electron chi connectivity index (χ0n) is 11.2. The van der Waals surface area contributed by atoms with E-state index >= 15 is 0 Å². The summed E-state index contributed by atoms with van der Waals surface area (Å²) in [6, 6.07) is 9.03. The first-order valence-corrected chi connectivity index (χ1v) is 7.14. The van der Waals surface area contributed by atoms with Crippen LogP contribution in [0, 0.1) is 11.7 Å². The summed E-state index contributed by atoms with van der Waals surface area (Å²) in [5.41, 5.74) is 2.21. The Morgan fingerprint density at radius 2 is 1.80 bits per heavy atom. The van der Waals surface area contributed by atoms with E-state index in [1.54, 1.807) is 0 Å². The van der Waals surface area contributed by atoms with Gasteiger partial charge in [0.2, 0.25) is 0 Å². The lowest BCUT2D eigenvalue weighted by atomic mass is 10.1. The molecule has 1 aromatic carbocycles. The van der Waals surface area contributed by atoms with Crippen LogP contribution in [-0.2, 0) is 0 Å². The minimum Gasteiger partial charge on any atom is -0.368 e. The van der Waals surface area contributed by atoms with Gasteiger partial charge in [0, 0.05) is 23.8 Å². The standard InChI is InChI=1S/C16H16FN3/c17-13-8-18-16(19-9-13)12-2-5-14(6-3-12)20-10-11-1-4-15(20)7-11/h2-3,5-6,8-9,11,15H,1,4,7,10H2/t11-,15+/m0/s1. The molecular weight excluding hydrogens is 253 g/mol. The van der Waals surface area contributed by atoms with E-state index in [9.17, 15) is 4.39 Å². The molecule has 1 aliphatic heterocycles. The van der Waals surface area contributed by atoms with Crippen molar-refractivity contribution in [2.45, 2.75) is 25.3 Å². The Hall–Kier alpha value is -1.97. The predicted molar refractivity (Wildman–Crippen MR) is 75.9 cm³/mol. The van der Waals surface area contributed by atoms with Gasteiger partial charge in [-0.15, -0.1) is 0 Å². The fourth-order valence-corrected chi connectivity index (χ4v) is 3.50. The third-order valence-corrected chi connectivity index (χ3v) is 4.49. The zero-order valence-corrected chi connectivity index (χ0v) is 11.2. The average Bonchev–Trinajstić information content (AvgIpc) is 3.11. The normalized spacial score (nSPS) is 24.4. The Balaban J connectivity index is 1.58. The number of fused-ring (bicyclic) bond motifs is 2. The molecule has 2 aliphatic rings. The SMILES string of the molecule is Fc1cnc(-c2ccc(N3C[C@H]4CC[C@@H]3C4)cc2)nc1. The average molecular weight is 269 g/mol. The summed E-state index contributed by atoms with van der Waals surface area (Å²) in [7, 11) is 0. The first-order chi connectivity index (χ1) is 9.79. The molecule has 0 N–H and O–H groups in total. The van der Waals surface area contributed by atoms with Gasteiger partial charge in [-0.1, -0.05) is 0 Å². The Bertz CT molecular complexity index is 609. The molecule has 2 aromatic rings. The van der Waals surface area contributed by atoms with Crippen molar-refractivity contribution in [1.29, 1.82) is 0 Å². The largest absolute Gasteiger partial charge is 0.368 e. The first kappa shape index (κ1) is 11.8. The van der Waals surface area contributed by atoms with Gasteiger partial charge in [-0.2, -0.15) is 0 Å². The molecule has 4 rings (SSSR count). The number of rotatable bonds is 2. The lowest BCUT2D eigenvalue weighted by molar-refractivity contribution is 0.553. The molecular formula is C16H16FN3. The van der Waals surface area contributed by atoms with Gasteiger partial charge in [0.15, 0.2) is 11.6 Å². The zero-order chi connectivity index (χ0) is 13.5. The minimum atomic E-state index is -0.404. The number of benzene rings is 1. The molecule has 0 unspecified atom stereocenters. The molecule has 0 radical (unpaired) electrons. The lowest BCUT2D eigenvalue weighted by Crippen LogP contribution is -2.31. The molecule has 0 spiro atoms. The molecule has 3 nitrogen and oxygen atoms in total. The predicted octanol–water partition coefficient (Wildman–Crippen LogP) is 3.27. The molecule has 1 saturated carbocycles. The molecule has 2 heterocycles. The van der Waals surface area contributed by atoms with Gasteiger partial charge in [-0.3, -0.25) is 0 Å². The van der Waals surface area contributed by atoms with Crippen LogP contribution in [0.2, 0.25) is 0 Å². The summed E-state index contributed by atoms with van der Waals surface area (Å²) in [5, 5.41) is 0. The van der Waals surface area contributed by atoms with Crippen LogP contribution in [-0.4, -0.2) is 22.6 Å². The summed E-state index contributed by atoms with van der Waals surface area (Å²) in [6.45, 7) is 1.19. The van der Waals surface area contributed by atoms with E-state index in [4.69, 9.17) is 0 Å². The molecule has 4 heteroatoms. The highest BCUT2D eigenvalue weighted by Crippen LogP contribution is 2.40. The molecule has 20 heavy (non-hydrogen) atoms. The second kappa shape index (κ2) is 4.54. The summed E-state index contributed by atoms with van der Waals surface area (Å²) >= 11 is 0. The maximum absolute atomic E-state index is 12.8. The van der Waals surface area contributed by atoms with E-state index in [-0.39, 0.29) is 0 Å². The van der Waals surface area contributed by atoms with Gasteiger partial charge in [0.1, 0.15) is 0 Å². The lowest BCUT2D eigenvalue weighted by Gasteiger charge is -2.29. The third-order valence-electron chi connectivity index (χ3n) is 4.49. The quantitative estimate of drug-likeness (QED) is 0.838. The Morgan fingerprint density at radius 1 is 1.05 bits per heavy atom. The van der Waals surface area contributed by atoms with E-state index in [0.29, 0.717) is 5.82 Å². The van der Waals surface area contributed by atoms with Crippen LogP contribution in [0.1, 0.15) is 19.3 Å². The van der Waals surface area contributed by atoms with E-state index in [0.717, 1.165) is 17.5 Å². The molecule has 1 aromatic heterocycles. The maximum atomic E-state index is 12.8. The number of aromatic nitrogens is 2. The third kappa shape index (κ3) is 1.96. The second-order valence-corrected chi connectivity index (χ2v) is 5.76. The van der Waals surface area contributed by atoms with Crippen LogP contribution in [0.3, 0.4) is 0 Å². The second-order valence-electron chi connectivity index (χ2n) is 5.76. The first-order valence-electron chi connectivity index (χ1n) is 7.14. The highest BCUT2D eigenvalue weighted by atomic mass is 19.1. The van der Waals surface area contributed by atoms with Crippen LogP contribution in [0.4, 0.5) is 10.1 Å². The van der Waals surface area contributed by atoms with Crippen LogP contribution in [0.25, 0.3) is 11.4 Å². The van der Waals surface area contributed by atoms with Crippen molar-refractivity contribution in [1.82, 2.24) is 9.97 Å². The van der Waals surface area contributed by atoms with Crippen molar-refractivity contribution in [3.63, 3.8) is 0 Å². The van der Waals surface area contributed by atoms with Gasteiger partial charge >= 0.3 is 0 Å². The summed E-state index contributed by atoms with van der Waals surface area (Å²) in [4.78, 5) is 10.5. The molecule has 0 amide bonds. The summed E-state index contributed by atoms with van der Waals surface area (Å²) in [6.07, 6.45) is 6.48. The fourth-order valence-electron chi connectivity index (χ4n) is 3.50. The highest BCUT2D eigenvalue weighted by molar-refractivity contribution is 5.61. The van der Waals surface area contributed by atoms with Crippen LogP contribution >= 0.6 is 0 Å². The summed E-state index contributed by atoms with van der Waals surface area (Å²) < 4.78 is 12.8. The van der Waals surface area contributed by atoms with Gasteiger partial charge in [0.25, 0.3) is 0 Å². The van der Waals surface area contributed by atoms with Gasteiger partial charge in [-0.05, 0) is 49.4 Å². The number of hydrogen-bond acceptors (Lipinski definition) is 3. The van der Waals surface area contributed by atoms with Crippen molar-refractivity contribution in [2.24, 2.45) is 5.92 Å². The summed E-state index contributed by atoms with van der Waals surface area (Å²) in [5.74, 6) is 1.06. The molecule has 1 aliphatic carbocycles. The highest BCUT2D eigenvalue weighted by Gasteiger charge is 2.37. The van der Waals surface area contributed by atoms with Gasteiger partial charge < -0.3 is 4.90 Å². The minimum absolute atomic E-state index is 0.404. The van der Waals surface area contributed by atoms with Crippen LogP contribution < -0.4 is 4.90 Å². The van der Waals surface area contributed by atoms with Gasteiger partial charge in [0.05, 0.1) is 12.4 Å². The maximum Gasteiger partial charge on any atom is 0.159 e. The molecule has 1 saturated heterocycles. The van der Waals surface area contributed by atoms with Crippen molar-refractivity contribution in [3.8, 4) is 11.4 Å². The van der Waals surface area contributed by atoms with Crippen molar-refractivity contribution < 1.29 is 4.39 Å². The molecule has 2 atom stereocenters.